The van der Waals surface area contributed by atoms with Gasteiger partial charge in [0, 0.05) is 65.2 Å². The predicted molar refractivity (Wildman–Crippen MR) is 184 cm³/mol. The monoisotopic (exact) mass is 630 g/mol. The van der Waals surface area contributed by atoms with Gasteiger partial charge >= 0.3 is 0 Å². The highest BCUT2D eigenvalue weighted by Crippen LogP contribution is 2.41. The van der Waals surface area contributed by atoms with Gasteiger partial charge in [-0.25, -0.2) is 8.78 Å². The van der Waals surface area contributed by atoms with Crippen LogP contribution in [-0.2, 0) is 0 Å². The molecule has 0 fully saturated rings. The van der Waals surface area contributed by atoms with E-state index in [1.54, 1.807) is 36.4 Å². The Hall–Kier alpha value is -4.28. The van der Waals surface area contributed by atoms with Crippen LogP contribution in [-0.4, -0.2) is 23.5 Å². The average Bonchev–Trinajstić information content (AvgIpc) is 3.67. The summed E-state index contributed by atoms with van der Waals surface area (Å²) in [5.74, 6) is -0.707. The molecule has 0 saturated heterocycles. The molecule has 2 heterocycles. The normalized spacial score (nSPS) is 15.1. The van der Waals surface area contributed by atoms with Gasteiger partial charge in [-0.3, -0.25) is 10.8 Å². The van der Waals surface area contributed by atoms with Crippen molar-refractivity contribution in [3.63, 3.8) is 0 Å². The zero-order valence-electron chi connectivity index (χ0n) is 25.1. The van der Waals surface area contributed by atoms with E-state index in [4.69, 9.17) is 22.3 Å². The van der Waals surface area contributed by atoms with Gasteiger partial charge in [-0.1, -0.05) is 13.8 Å². The fourth-order valence-electron chi connectivity index (χ4n) is 4.92. The van der Waals surface area contributed by atoms with Crippen LogP contribution in [0.4, 0.5) is 20.2 Å². The van der Waals surface area contributed by atoms with Crippen molar-refractivity contribution >= 4 is 56.6 Å². The van der Waals surface area contributed by atoms with Crippen molar-refractivity contribution < 1.29 is 8.78 Å². The molecule has 2 aromatic heterocycles. The Morgan fingerprint density at radius 3 is 1.34 bits per heavy atom. The summed E-state index contributed by atoms with van der Waals surface area (Å²) >= 11 is 2.58. The Labute approximate surface area is 264 Å². The molecule has 10 heteroatoms. The third kappa shape index (κ3) is 6.05. The topological polar surface area (TPSA) is 124 Å². The molecule has 0 spiro atoms. The first kappa shape index (κ1) is 31.2. The van der Waals surface area contributed by atoms with Crippen molar-refractivity contribution in [3.05, 3.63) is 93.4 Å². The summed E-state index contributed by atoms with van der Waals surface area (Å²) in [6.45, 7) is 8.21. The van der Waals surface area contributed by atoms with Crippen LogP contribution in [0.1, 0.15) is 50.3 Å². The number of hydrogen-bond acceptors (Lipinski definition) is 8. The molecule has 2 aromatic carbocycles. The molecule has 0 radical (unpaired) electrons. The molecule has 8 N–H and O–H groups in total. The highest BCUT2D eigenvalue weighted by molar-refractivity contribution is 7.18. The number of halogens is 2. The zero-order chi connectivity index (χ0) is 31.7. The standard InChI is InChI=1S/C34H36F2N6S2/c1-5-17(3)41-19-7-9-21(23(35)15-19)25-11-13-27(43-25)29-31(37)33(39)30(34(40)32(29)38)28-14-12-26(44-28)22-10-8-20(16-24(22)36)42-18(4)6-2/h7-18,37,39,41-42H,5-6,38,40H2,1-4H3. The van der Waals surface area contributed by atoms with E-state index in [-0.39, 0.29) is 46.5 Å². The maximum atomic E-state index is 15.1. The lowest BCUT2D eigenvalue weighted by Crippen LogP contribution is -2.29. The smallest absolute Gasteiger partial charge is 0.133 e. The lowest BCUT2D eigenvalue weighted by atomic mass is 9.88. The molecule has 2 atom stereocenters. The maximum absolute atomic E-state index is 15.1. The summed E-state index contributed by atoms with van der Waals surface area (Å²) in [6, 6.07) is 17.7. The van der Waals surface area contributed by atoms with Crippen molar-refractivity contribution in [1.29, 1.82) is 10.8 Å². The van der Waals surface area contributed by atoms with Crippen LogP contribution in [0.15, 0.2) is 72.1 Å². The number of benzene rings is 2. The van der Waals surface area contributed by atoms with Crippen LogP contribution >= 0.6 is 22.7 Å². The molecule has 6 nitrogen and oxygen atoms in total. The molecule has 0 saturated carbocycles. The summed E-state index contributed by atoms with van der Waals surface area (Å²) < 4.78 is 30.2. The van der Waals surface area contributed by atoms with E-state index in [0.29, 0.717) is 53.2 Å². The summed E-state index contributed by atoms with van der Waals surface area (Å²) in [6.07, 6.45) is 1.84. The Kier molecular flexibility index (Phi) is 9.03. The second-order valence-electron chi connectivity index (χ2n) is 11.0. The van der Waals surface area contributed by atoms with Crippen molar-refractivity contribution in [3.8, 4) is 20.9 Å². The van der Waals surface area contributed by atoms with E-state index in [2.05, 4.69) is 24.5 Å². The first-order valence-corrected chi connectivity index (χ1v) is 16.2. The molecule has 228 valence electrons. The minimum absolute atomic E-state index is 0.0738. The number of thiophene rings is 2. The number of allylic oxidation sites excluding steroid dienone is 2. The first-order chi connectivity index (χ1) is 21.0. The maximum Gasteiger partial charge on any atom is 0.133 e. The SMILES string of the molecule is CCC(C)Nc1ccc(-c2ccc(C3=C(N)C(N)=C(c4ccc(-c5ccc(NC(C)CC)cc5F)s4)C(=N)C3=N)s2)c(F)c1. The minimum atomic E-state index is -0.354. The van der Waals surface area contributed by atoms with Gasteiger partial charge in [0.05, 0.1) is 22.8 Å². The summed E-state index contributed by atoms with van der Waals surface area (Å²) in [5.41, 5.74) is 16.3. The zero-order valence-corrected chi connectivity index (χ0v) is 26.7. The molecule has 4 aromatic rings. The van der Waals surface area contributed by atoms with E-state index in [1.165, 1.54) is 34.8 Å². The van der Waals surface area contributed by atoms with Gasteiger partial charge in [0.25, 0.3) is 0 Å². The number of hydrogen-bond donors (Lipinski definition) is 6. The van der Waals surface area contributed by atoms with Gasteiger partial charge < -0.3 is 22.1 Å². The highest BCUT2D eigenvalue weighted by Gasteiger charge is 2.31. The number of nitrogens with two attached hydrogens (primary N) is 2. The Bertz CT molecular complexity index is 1680. The Balaban J connectivity index is 1.44. The van der Waals surface area contributed by atoms with E-state index in [9.17, 15) is 0 Å². The molecule has 5 rings (SSSR count). The van der Waals surface area contributed by atoms with Crippen molar-refractivity contribution in [1.82, 2.24) is 0 Å². The summed E-state index contributed by atoms with van der Waals surface area (Å²) in [5, 5.41) is 24.3. The lowest BCUT2D eigenvalue weighted by molar-refractivity contribution is 0.631. The van der Waals surface area contributed by atoms with Crippen LogP contribution < -0.4 is 22.1 Å². The molecule has 44 heavy (non-hydrogen) atoms. The van der Waals surface area contributed by atoms with Crippen LogP contribution in [0.25, 0.3) is 32.0 Å². The Morgan fingerprint density at radius 1 is 0.636 bits per heavy atom. The summed E-state index contributed by atoms with van der Waals surface area (Å²) in [7, 11) is 0. The van der Waals surface area contributed by atoms with E-state index in [1.807, 2.05) is 26.0 Å². The molecule has 1 aliphatic carbocycles. The van der Waals surface area contributed by atoms with Gasteiger partial charge in [-0.2, -0.15) is 0 Å². The summed E-state index contributed by atoms with van der Waals surface area (Å²) in [4.78, 5) is 2.60. The molecule has 1 aliphatic rings. The van der Waals surface area contributed by atoms with E-state index >= 15 is 8.78 Å². The van der Waals surface area contributed by atoms with E-state index in [0.717, 1.165) is 12.8 Å². The second kappa shape index (κ2) is 12.8. The van der Waals surface area contributed by atoms with Gasteiger partial charge in [-0.05, 0) is 87.4 Å². The van der Waals surface area contributed by atoms with E-state index < -0.39 is 0 Å². The van der Waals surface area contributed by atoms with Gasteiger partial charge in [0.2, 0.25) is 0 Å². The first-order valence-electron chi connectivity index (χ1n) is 14.5. The van der Waals surface area contributed by atoms with Crippen LogP contribution in [0, 0.1) is 22.5 Å². The largest absolute Gasteiger partial charge is 0.396 e. The van der Waals surface area contributed by atoms with Gasteiger partial charge in [0.15, 0.2) is 0 Å². The molecular formula is C34H36F2N6S2. The molecule has 0 bridgehead atoms. The van der Waals surface area contributed by atoms with Crippen molar-refractivity contribution in [2.45, 2.75) is 52.6 Å². The van der Waals surface area contributed by atoms with Crippen molar-refractivity contribution in [2.75, 3.05) is 10.6 Å². The van der Waals surface area contributed by atoms with Crippen LogP contribution in [0.2, 0.25) is 0 Å². The predicted octanol–water partition coefficient (Wildman–Crippen LogP) is 8.94. The minimum Gasteiger partial charge on any atom is -0.396 e. The fourth-order valence-corrected chi connectivity index (χ4v) is 7.11. The van der Waals surface area contributed by atoms with Crippen molar-refractivity contribution in [2.24, 2.45) is 11.5 Å². The third-order valence-electron chi connectivity index (χ3n) is 7.80. The quantitative estimate of drug-likeness (QED) is 0.0979. The third-order valence-corrected chi connectivity index (χ3v) is 10.1. The Morgan fingerprint density at radius 2 is 1.00 bits per heavy atom. The molecule has 2 unspecified atom stereocenters. The molecule has 0 aliphatic heterocycles. The second-order valence-corrected chi connectivity index (χ2v) is 13.1. The number of nitrogens with one attached hydrogen (secondary N) is 4. The van der Waals surface area contributed by atoms with Gasteiger partial charge in [0.1, 0.15) is 11.6 Å². The molecular weight excluding hydrogens is 595 g/mol. The average molecular weight is 631 g/mol. The van der Waals surface area contributed by atoms with Crippen LogP contribution in [0.5, 0.6) is 0 Å². The number of anilines is 2. The number of rotatable bonds is 10. The highest BCUT2D eigenvalue weighted by atomic mass is 32.1. The lowest BCUT2D eigenvalue weighted by Gasteiger charge is -2.22. The van der Waals surface area contributed by atoms with Crippen LogP contribution in [0.3, 0.4) is 0 Å². The van der Waals surface area contributed by atoms with Gasteiger partial charge in [-0.15, -0.1) is 22.7 Å². The molecule has 0 amide bonds. The fraction of sp³-hybridized carbons (Fsp3) is 0.235.